The molecule has 4 amide bonds. The van der Waals surface area contributed by atoms with Gasteiger partial charge in [-0.25, -0.2) is 0 Å². The molecule has 13 rings (SSSR count). The zero-order valence-corrected chi connectivity index (χ0v) is 33.7. The minimum Gasteiger partial charge on any atom is -0.277 e. The van der Waals surface area contributed by atoms with Gasteiger partial charge in [-0.2, -0.15) is 0 Å². The summed E-state index contributed by atoms with van der Waals surface area (Å²) in [4.78, 5) is 61.4. The number of hydrogen-bond donors (Lipinski definition) is 0. The number of nitrogens with zero attached hydrogens (tertiary/aromatic N) is 2. The Morgan fingerprint density at radius 1 is 0.593 bits per heavy atom. The molecule has 8 aliphatic rings. The molecule has 5 aromatic rings. The first kappa shape index (κ1) is 33.6. The van der Waals surface area contributed by atoms with Crippen LogP contribution in [0.4, 0.5) is 0 Å². The molecule has 1 saturated heterocycles. The Labute approximate surface area is 337 Å². The van der Waals surface area contributed by atoms with E-state index in [9.17, 15) is 14.4 Å². The molecule has 0 spiro atoms. The number of hydrogen-bond acceptors (Lipinski definition) is 6. The molecule has 2 bridgehead atoms. The number of carbonyl (C=O) groups excluding carboxylic acids is 4. The molecule has 2 saturated carbocycles. The number of rotatable bonds is 2. The maximum Gasteiger partial charge on any atom is 0.268 e. The van der Waals surface area contributed by atoms with Gasteiger partial charge in [-0.1, -0.05) is 137 Å². The van der Waals surface area contributed by atoms with Crippen molar-refractivity contribution in [1.82, 2.24) is 9.80 Å². The van der Waals surface area contributed by atoms with Gasteiger partial charge in [-0.3, -0.25) is 29.0 Å². The fourth-order valence-corrected chi connectivity index (χ4v) is 16.0. The highest BCUT2D eigenvalue weighted by molar-refractivity contribution is 9.11. The molecule has 3 fully saturated rings. The lowest BCUT2D eigenvalue weighted by molar-refractivity contribution is -0.144. The van der Waals surface area contributed by atoms with E-state index < -0.39 is 19.7 Å². The fraction of sp³-hybridized carbons (Fsp3) is 0.273. The van der Waals surface area contributed by atoms with Crippen LogP contribution in [0.15, 0.2) is 117 Å². The summed E-state index contributed by atoms with van der Waals surface area (Å²) in [5, 5.41) is 5.11. The topological polar surface area (TPSA) is 74.8 Å². The minimum absolute atomic E-state index is 0.101. The van der Waals surface area contributed by atoms with Crippen molar-refractivity contribution < 1.29 is 19.2 Å². The SMILES string of the molecule is Brc1c2ccccc2cc2ccccc12.O=C1C2=C(S[C@]34C(=O)N(C5CCC5)C(=O)[C@@]3(S2)C2(Br)c3ccccc3C4c3ccccc32)C(=O)N1C1CCC1. The lowest BCUT2D eigenvalue weighted by atomic mass is 9.53. The quantitative estimate of drug-likeness (QED) is 0.100. The Hall–Kier alpha value is -3.70. The normalized spacial score (nSPS) is 29.3. The van der Waals surface area contributed by atoms with Crippen LogP contribution in [0.1, 0.15) is 66.7 Å². The molecular weight excluding hydrogens is 844 g/mol. The van der Waals surface area contributed by atoms with E-state index in [1.54, 1.807) is 0 Å². The Balaban J connectivity index is 0.000000190. The van der Waals surface area contributed by atoms with Crippen molar-refractivity contribution >= 4 is 101 Å². The summed E-state index contributed by atoms with van der Waals surface area (Å²) in [6, 6.07) is 35.0. The van der Waals surface area contributed by atoms with E-state index >= 15 is 4.79 Å². The number of imide groups is 2. The molecule has 54 heavy (non-hydrogen) atoms. The summed E-state index contributed by atoms with van der Waals surface area (Å²) in [5.74, 6) is -1.47. The fourth-order valence-electron chi connectivity index (χ4n) is 10.0. The molecule has 6 nitrogen and oxygen atoms in total. The molecule has 2 atom stereocenters. The van der Waals surface area contributed by atoms with Crippen molar-refractivity contribution in [3.63, 3.8) is 0 Å². The molecular formula is C44H32Br2N2O4S2. The predicted molar refractivity (Wildman–Crippen MR) is 220 cm³/mol. The smallest absolute Gasteiger partial charge is 0.268 e. The van der Waals surface area contributed by atoms with Gasteiger partial charge in [0.2, 0.25) is 11.8 Å². The predicted octanol–water partition coefficient (Wildman–Crippen LogP) is 9.55. The van der Waals surface area contributed by atoms with Crippen LogP contribution in [0.25, 0.3) is 21.5 Å². The van der Waals surface area contributed by atoms with Gasteiger partial charge in [-0.05, 0) is 104 Å². The lowest BCUT2D eigenvalue weighted by Gasteiger charge is -2.63. The average Bonchev–Trinajstić information content (AvgIpc) is 3.50. The lowest BCUT2D eigenvalue weighted by Crippen LogP contribution is -2.71. The molecule has 0 aromatic heterocycles. The number of carbonyl (C=O) groups is 4. The first-order chi connectivity index (χ1) is 26.2. The second-order valence-corrected chi connectivity index (χ2v) is 19.8. The van der Waals surface area contributed by atoms with Gasteiger partial charge in [-0.15, -0.1) is 0 Å². The van der Waals surface area contributed by atoms with Crippen LogP contribution in [-0.4, -0.2) is 55.0 Å². The Morgan fingerprint density at radius 2 is 1.07 bits per heavy atom. The Kier molecular flexibility index (Phi) is 7.26. The van der Waals surface area contributed by atoms with Crippen LogP contribution < -0.4 is 0 Å². The van der Waals surface area contributed by atoms with Crippen molar-refractivity contribution in [3.05, 3.63) is 140 Å². The number of alkyl halides is 1. The zero-order valence-electron chi connectivity index (χ0n) is 28.9. The van der Waals surface area contributed by atoms with Gasteiger partial charge in [0.15, 0.2) is 0 Å². The number of halogens is 2. The second-order valence-electron chi connectivity index (χ2n) is 15.3. The third-order valence-electron chi connectivity index (χ3n) is 12.9. The van der Waals surface area contributed by atoms with E-state index in [0.29, 0.717) is 9.81 Å². The molecule has 3 aliphatic heterocycles. The molecule has 0 N–H and O–H groups in total. The van der Waals surface area contributed by atoms with Crippen LogP contribution in [0.2, 0.25) is 0 Å². The van der Waals surface area contributed by atoms with Crippen LogP contribution in [0.3, 0.4) is 0 Å². The Bertz CT molecular complexity index is 2500. The van der Waals surface area contributed by atoms with Crippen LogP contribution in [0, 0.1) is 0 Å². The van der Waals surface area contributed by atoms with E-state index in [4.69, 9.17) is 0 Å². The molecule has 268 valence electrons. The van der Waals surface area contributed by atoms with Gasteiger partial charge in [0.1, 0.15) is 13.8 Å². The summed E-state index contributed by atoms with van der Waals surface area (Å²) in [7, 11) is 0. The summed E-state index contributed by atoms with van der Waals surface area (Å²) in [5.41, 5.74) is 3.94. The molecule has 5 aromatic carbocycles. The highest BCUT2D eigenvalue weighted by Crippen LogP contribution is 2.81. The van der Waals surface area contributed by atoms with Gasteiger partial charge >= 0.3 is 0 Å². The second kappa shape index (κ2) is 11.7. The molecule has 5 aliphatic carbocycles. The van der Waals surface area contributed by atoms with E-state index in [-0.39, 0.29) is 35.7 Å². The number of benzene rings is 5. The highest BCUT2D eigenvalue weighted by Gasteiger charge is 2.87. The maximum atomic E-state index is 15.0. The van der Waals surface area contributed by atoms with Crippen molar-refractivity contribution in [1.29, 1.82) is 0 Å². The Morgan fingerprint density at radius 3 is 1.61 bits per heavy atom. The summed E-state index contributed by atoms with van der Waals surface area (Å²) in [6.45, 7) is 0. The van der Waals surface area contributed by atoms with Crippen molar-refractivity contribution in [2.45, 2.75) is 70.3 Å². The van der Waals surface area contributed by atoms with Crippen molar-refractivity contribution in [2.75, 3.05) is 0 Å². The van der Waals surface area contributed by atoms with E-state index in [0.717, 1.165) is 60.8 Å². The third-order valence-corrected chi connectivity index (χ3v) is 19.0. The van der Waals surface area contributed by atoms with Gasteiger partial charge in [0.05, 0.1) is 9.81 Å². The molecule has 3 heterocycles. The molecule has 10 heteroatoms. The molecule has 0 unspecified atom stereocenters. The number of fused-ring (bicyclic) bond motifs is 2. The van der Waals surface area contributed by atoms with Crippen LogP contribution in [0.5, 0.6) is 0 Å². The third kappa shape index (κ3) is 3.91. The maximum absolute atomic E-state index is 15.0. The van der Waals surface area contributed by atoms with Gasteiger partial charge in [0.25, 0.3) is 11.8 Å². The first-order valence-electron chi connectivity index (χ1n) is 18.6. The van der Waals surface area contributed by atoms with E-state index in [1.807, 2.05) is 36.4 Å². The highest BCUT2D eigenvalue weighted by atomic mass is 79.9. The summed E-state index contributed by atoms with van der Waals surface area (Å²) in [6.07, 6.45) is 5.16. The van der Waals surface area contributed by atoms with Crippen LogP contribution in [-0.2, 0) is 23.5 Å². The largest absolute Gasteiger partial charge is 0.277 e. The number of amides is 4. The minimum atomic E-state index is -1.35. The molecule has 0 radical (unpaired) electrons. The summed E-state index contributed by atoms with van der Waals surface area (Å²) >= 11 is 10.3. The standard InChI is InChI=1S/C30H23BrN2O4S2.C14H9Br/c31-28-19-13-3-1-11-17(19)21(18-12-2-4-14-20(18)28)29-26(36)33(16-9-6-10-16)27(37)30(28,29)39-23-22(38-29)24(34)32(25(23)35)15-7-5-8-15;15-14-12-7-3-1-5-10(12)9-11-6-2-4-8-13(11)14/h1-4,11-16,21H,5-10H2;1-9H/t21?,28?,29-,30-;/m1./s1. The summed E-state index contributed by atoms with van der Waals surface area (Å²) < 4.78 is -2.51. The number of likely N-dealkylation sites (tertiary alicyclic amines) is 1. The monoisotopic (exact) mass is 874 g/mol. The first-order valence-corrected chi connectivity index (χ1v) is 21.8. The number of thioether (sulfide) groups is 2. The van der Waals surface area contributed by atoms with E-state index in [1.165, 1.54) is 59.3 Å². The van der Waals surface area contributed by atoms with E-state index in [2.05, 4.69) is 98.6 Å². The van der Waals surface area contributed by atoms with Crippen LogP contribution >= 0.6 is 55.4 Å². The van der Waals surface area contributed by atoms with Gasteiger partial charge < -0.3 is 0 Å². The van der Waals surface area contributed by atoms with Gasteiger partial charge in [0, 0.05) is 22.5 Å². The van der Waals surface area contributed by atoms with Crippen molar-refractivity contribution in [2.24, 2.45) is 0 Å². The van der Waals surface area contributed by atoms with Crippen molar-refractivity contribution in [3.8, 4) is 0 Å². The average molecular weight is 877 g/mol. The zero-order chi connectivity index (χ0) is 36.7.